The van der Waals surface area contributed by atoms with Gasteiger partial charge in [0, 0.05) is 28.0 Å². The van der Waals surface area contributed by atoms with Crippen molar-refractivity contribution < 1.29 is 0 Å². The predicted molar refractivity (Wildman–Crippen MR) is 67.0 cm³/mol. The van der Waals surface area contributed by atoms with Crippen LogP contribution in [0.25, 0.3) is 23.6 Å². The summed E-state index contributed by atoms with van der Waals surface area (Å²) in [6, 6.07) is 8.36. The average Bonchev–Trinajstić information content (AvgIpc) is 2.54. The molecule has 0 bridgehead atoms. The topological polar surface area (TPSA) is 4.93 Å². The van der Waals surface area contributed by atoms with Crippen molar-refractivity contribution in [3.63, 3.8) is 0 Å². The number of fused-ring (bicyclic) bond motifs is 1. The first-order valence-electron chi connectivity index (χ1n) is 5.18. The second kappa shape index (κ2) is 3.77. The molecule has 0 unspecified atom stereocenters. The second-order valence-electron chi connectivity index (χ2n) is 3.53. The molecule has 2 rings (SSSR count). The number of rotatable bonds is 2. The fourth-order valence-electron chi connectivity index (χ4n) is 2.04. The van der Waals surface area contributed by atoms with Crippen LogP contribution < -0.4 is 10.6 Å². The van der Waals surface area contributed by atoms with Gasteiger partial charge in [0.25, 0.3) is 0 Å². The molecule has 0 saturated carbocycles. The fourth-order valence-corrected chi connectivity index (χ4v) is 2.04. The van der Waals surface area contributed by atoms with Crippen LogP contribution in [-0.2, 0) is 6.54 Å². The van der Waals surface area contributed by atoms with Crippen LogP contribution in [0.15, 0.2) is 36.9 Å². The van der Waals surface area contributed by atoms with Gasteiger partial charge < -0.3 is 4.57 Å². The van der Waals surface area contributed by atoms with Crippen molar-refractivity contribution in [2.45, 2.75) is 13.5 Å². The Balaban J connectivity index is 3.04. The zero-order valence-electron chi connectivity index (χ0n) is 9.03. The van der Waals surface area contributed by atoms with Crippen molar-refractivity contribution in [2.75, 3.05) is 0 Å². The SMILES string of the molecule is C=C/C=c1\c(=C)c2ccccc2n1CC. The Hall–Kier alpha value is -1.76. The maximum atomic E-state index is 4.14. The predicted octanol–water partition coefficient (Wildman–Crippen LogP) is 2.04. The lowest BCUT2D eigenvalue weighted by molar-refractivity contribution is 0.771. The van der Waals surface area contributed by atoms with Gasteiger partial charge in [-0.3, -0.25) is 0 Å². The summed E-state index contributed by atoms with van der Waals surface area (Å²) in [4.78, 5) is 0. The molecule has 15 heavy (non-hydrogen) atoms. The minimum atomic E-state index is 0.954. The van der Waals surface area contributed by atoms with Gasteiger partial charge in [0.1, 0.15) is 0 Å². The average molecular weight is 197 g/mol. The van der Waals surface area contributed by atoms with Crippen LogP contribution >= 0.6 is 0 Å². The van der Waals surface area contributed by atoms with Crippen LogP contribution in [0, 0.1) is 0 Å². The van der Waals surface area contributed by atoms with Crippen molar-refractivity contribution in [1.29, 1.82) is 0 Å². The van der Waals surface area contributed by atoms with E-state index in [1.807, 2.05) is 12.2 Å². The van der Waals surface area contributed by atoms with E-state index in [1.54, 1.807) is 0 Å². The maximum absolute atomic E-state index is 4.14. The van der Waals surface area contributed by atoms with Crippen LogP contribution in [-0.4, -0.2) is 4.57 Å². The van der Waals surface area contributed by atoms with Crippen molar-refractivity contribution in [3.05, 3.63) is 47.5 Å². The van der Waals surface area contributed by atoms with Crippen LogP contribution in [0.2, 0.25) is 0 Å². The van der Waals surface area contributed by atoms with Gasteiger partial charge in [-0.2, -0.15) is 0 Å². The standard InChI is InChI=1S/C14H15N/c1-4-8-13-11(3)12-9-6-7-10-14(12)15(13)5-2/h4,6-10H,1,3,5H2,2H3/b13-8+. The van der Waals surface area contributed by atoms with Gasteiger partial charge in [-0.15, -0.1) is 0 Å². The minimum Gasteiger partial charge on any atom is -0.341 e. The number of benzene rings is 1. The fraction of sp³-hybridized carbons (Fsp3) is 0.143. The van der Waals surface area contributed by atoms with Crippen LogP contribution in [0.3, 0.4) is 0 Å². The van der Waals surface area contributed by atoms with E-state index in [0.29, 0.717) is 0 Å². The molecule has 1 heteroatoms. The van der Waals surface area contributed by atoms with E-state index in [-0.39, 0.29) is 0 Å². The van der Waals surface area contributed by atoms with Crippen molar-refractivity contribution in [2.24, 2.45) is 0 Å². The number of hydrogen-bond acceptors (Lipinski definition) is 0. The molecule has 1 nitrogen and oxygen atoms in total. The molecule has 0 amide bonds. The molecule has 0 fully saturated rings. The Labute approximate surface area is 89.7 Å². The molecule has 2 aromatic rings. The third kappa shape index (κ3) is 1.40. The first-order valence-corrected chi connectivity index (χ1v) is 5.18. The monoisotopic (exact) mass is 197 g/mol. The molecule has 0 aliphatic rings. The largest absolute Gasteiger partial charge is 0.341 e. The first-order chi connectivity index (χ1) is 7.29. The summed E-state index contributed by atoms with van der Waals surface area (Å²) in [5.41, 5.74) is 1.25. The normalized spacial score (nSPS) is 12.2. The van der Waals surface area contributed by atoms with E-state index < -0.39 is 0 Å². The van der Waals surface area contributed by atoms with Gasteiger partial charge >= 0.3 is 0 Å². The van der Waals surface area contributed by atoms with Crippen molar-refractivity contribution in [3.8, 4) is 0 Å². The zero-order chi connectivity index (χ0) is 10.8. The second-order valence-corrected chi connectivity index (χ2v) is 3.53. The Bertz CT molecular complexity index is 602. The Morgan fingerprint density at radius 1 is 1.33 bits per heavy atom. The Kier molecular flexibility index (Phi) is 2.46. The molecular formula is C14H15N. The molecule has 0 saturated heterocycles. The molecule has 1 aromatic heterocycles. The summed E-state index contributed by atoms with van der Waals surface area (Å²) in [7, 11) is 0. The van der Waals surface area contributed by atoms with E-state index in [4.69, 9.17) is 0 Å². The van der Waals surface area contributed by atoms with E-state index >= 15 is 0 Å². The minimum absolute atomic E-state index is 0.954. The third-order valence-corrected chi connectivity index (χ3v) is 2.71. The summed E-state index contributed by atoms with van der Waals surface area (Å²) in [6.45, 7) is 11.0. The number of para-hydroxylation sites is 1. The van der Waals surface area contributed by atoms with Gasteiger partial charge in [-0.25, -0.2) is 0 Å². The molecule has 0 spiro atoms. The van der Waals surface area contributed by atoms with Gasteiger partial charge in [0.05, 0.1) is 0 Å². The van der Waals surface area contributed by atoms with Crippen LogP contribution in [0.5, 0.6) is 0 Å². The molecule has 76 valence electrons. The molecule has 0 N–H and O–H groups in total. The summed E-state index contributed by atoms with van der Waals surface area (Å²) in [6.07, 6.45) is 3.83. The van der Waals surface area contributed by atoms with Crippen molar-refractivity contribution >= 4 is 23.6 Å². The van der Waals surface area contributed by atoms with Gasteiger partial charge in [0.2, 0.25) is 0 Å². The van der Waals surface area contributed by atoms with Gasteiger partial charge in [-0.1, -0.05) is 37.4 Å². The maximum Gasteiger partial charge on any atom is 0.0491 e. The molecule has 0 aliphatic carbocycles. The van der Waals surface area contributed by atoms with E-state index in [9.17, 15) is 0 Å². The number of aryl methyl sites for hydroxylation is 1. The van der Waals surface area contributed by atoms with Gasteiger partial charge in [-0.05, 0) is 19.1 Å². The van der Waals surface area contributed by atoms with Gasteiger partial charge in [0.15, 0.2) is 0 Å². The summed E-state index contributed by atoms with van der Waals surface area (Å²) >= 11 is 0. The molecule has 0 aliphatic heterocycles. The number of hydrogen-bond donors (Lipinski definition) is 0. The quantitative estimate of drug-likeness (QED) is 0.694. The molecule has 1 heterocycles. The third-order valence-electron chi connectivity index (χ3n) is 2.71. The highest BCUT2D eigenvalue weighted by Gasteiger charge is 2.02. The Morgan fingerprint density at radius 2 is 2.07 bits per heavy atom. The lowest BCUT2D eigenvalue weighted by Crippen LogP contribution is -2.27. The number of allylic oxidation sites excluding steroid dienone is 1. The Morgan fingerprint density at radius 3 is 2.73 bits per heavy atom. The zero-order valence-corrected chi connectivity index (χ0v) is 9.03. The number of nitrogens with zero attached hydrogens (tertiary/aromatic N) is 1. The highest BCUT2D eigenvalue weighted by atomic mass is 15.0. The van der Waals surface area contributed by atoms with E-state index in [2.05, 4.69) is 48.9 Å². The lowest BCUT2D eigenvalue weighted by atomic mass is 10.2. The van der Waals surface area contributed by atoms with E-state index in [1.165, 1.54) is 10.9 Å². The summed E-state index contributed by atoms with van der Waals surface area (Å²) in [5, 5.41) is 3.48. The van der Waals surface area contributed by atoms with Crippen LogP contribution in [0.4, 0.5) is 0 Å². The van der Waals surface area contributed by atoms with E-state index in [0.717, 1.165) is 17.1 Å². The summed E-state index contributed by atoms with van der Waals surface area (Å²) < 4.78 is 2.26. The molecule has 1 aromatic carbocycles. The highest BCUT2D eigenvalue weighted by Crippen LogP contribution is 2.07. The lowest BCUT2D eigenvalue weighted by Gasteiger charge is -2.00. The highest BCUT2D eigenvalue weighted by molar-refractivity contribution is 5.81. The van der Waals surface area contributed by atoms with Crippen LogP contribution in [0.1, 0.15) is 6.92 Å². The number of aromatic nitrogens is 1. The first kappa shape index (κ1) is 9.78. The van der Waals surface area contributed by atoms with Crippen molar-refractivity contribution in [1.82, 2.24) is 4.57 Å². The smallest absolute Gasteiger partial charge is 0.0491 e. The molecule has 0 radical (unpaired) electrons. The molecular weight excluding hydrogens is 182 g/mol. The summed E-state index contributed by atoms with van der Waals surface area (Å²) in [5.74, 6) is 0. The molecule has 0 atom stereocenters.